The zero-order valence-corrected chi connectivity index (χ0v) is 19.2. The summed E-state index contributed by atoms with van der Waals surface area (Å²) in [5.41, 5.74) is 3.52. The second kappa shape index (κ2) is 11.0. The third-order valence-electron chi connectivity index (χ3n) is 5.20. The lowest BCUT2D eigenvalue weighted by atomic mass is 10.1. The van der Waals surface area contributed by atoms with Gasteiger partial charge in [0.05, 0.1) is 0 Å². The number of carboxylic acid groups (broad SMARTS) is 1. The fourth-order valence-corrected chi connectivity index (χ4v) is 3.30. The molecule has 7 heteroatoms. The number of carboxylic acids is 1. The molecule has 176 valence electrons. The summed E-state index contributed by atoms with van der Waals surface area (Å²) in [5, 5.41) is 13.3. The van der Waals surface area contributed by atoms with Gasteiger partial charge in [-0.25, -0.2) is 9.78 Å². The molecule has 4 rings (SSSR count). The van der Waals surface area contributed by atoms with Crippen molar-refractivity contribution in [2.45, 2.75) is 20.1 Å². The Hall–Kier alpha value is -4.65. The molecule has 0 spiro atoms. The molecule has 0 saturated heterocycles. The predicted octanol–water partition coefficient (Wildman–Crippen LogP) is 5.88. The van der Waals surface area contributed by atoms with Gasteiger partial charge in [0, 0.05) is 11.1 Å². The fourth-order valence-electron chi connectivity index (χ4n) is 3.30. The number of benzene rings is 3. The Morgan fingerprint density at radius 2 is 1.83 bits per heavy atom. The first-order valence-electron chi connectivity index (χ1n) is 10.9. The molecular formula is C28H24N2O5. The van der Waals surface area contributed by atoms with Gasteiger partial charge in [0.25, 0.3) is 0 Å². The van der Waals surface area contributed by atoms with Gasteiger partial charge in [-0.1, -0.05) is 66.3 Å². The van der Waals surface area contributed by atoms with Gasteiger partial charge in [-0.15, -0.1) is 0 Å². The summed E-state index contributed by atoms with van der Waals surface area (Å²) in [7, 11) is 0. The molecule has 0 aliphatic heterocycles. The van der Waals surface area contributed by atoms with Gasteiger partial charge in [0.2, 0.25) is 5.89 Å². The van der Waals surface area contributed by atoms with Crippen LogP contribution in [0.3, 0.4) is 0 Å². The summed E-state index contributed by atoms with van der Waals surface area (Å²) >= 11 is 0. The topological polar surface area (TPSA) is 94.2 Å². The van der Waals surface area contributed by atoms with Crippen LogP contribution in [0.4, 0.5) is 0 Å². The lowest BCUT2D eigenvalue weighted by molar-refractivity contribution is -0.129. The molecule has 0 amide bonds. The van der Waals surface area contributed by atoms with Crippen LogP contribution in [-0.2, 0) is 22.8 Å². The quantitative estimate of drug-likeness (QED) is 0.231. The molecule has 1 N–H and O–H groups in total. The number of hydrogen-bond donors (Lipinski definition) is 1. The van der Waals surface area contributed by atoms with Crippen LogP contribution < -0.4 is 4.74 Å². The first-order valence-corrected chi connectivity index (χ1v) is 10.9. The Labute approximate surface area is 203 Å². The molecule has 3 aromatic carbocycles. The maximum absolute atomic E-state index is 11.6. The average molecular weight is 469 g/mol. The first kappa shape index (κ1) is 23.5. The molecule has 0 atom stereocenters. The van der Waals surface area contributed by atoms with E-state index in [2.05, 4.69) is 16.7 Å². The average Bonchev–Trinajstić information content (AvgIpc) is 3.26. The lowest BCUT2D eigenvalue weighted by Crippen LogP contribution is -2.15. The molecule has 7 nitrogen and oxygen atoms in total. The zero-order chi connectivity index (χ0) is 24.6. The number of aryl methyl sites for hydroxylation is 1. The van der Waals surface area contributed by atoms with Crippen LogP contribution in [0.5, 0.6) is 5.75 Å². The molecule has 0 bridgehead atoms. The molecule has 1 heterocycles. The number of nitrogens with zero attached hydrogens (tertiary/aromatic N) is 2. The number of rotatable bonds is 10. The van der Waals surface area contributed by atoms with E-state index < -0.39 is 5.97 Å². The van der Waals surface area contributed by atoms with E-state index in [1.165, 1.54) is 0 Å². The van der Waals surface area contributed by atoms with E-state index in [1.807, 2.05) is 67.6 Å². The minimum absolute atomic E-state index is 0.112. The summed E-state index contributed by atoms with van der Waals surface area (Å²) < 4.78 is 11.6. The Morgan fingerprint density at radius 1 is 1.06 bits per heavy atom. The highest BCUT2D eigenvalue weighted by Crippen LogP contribution is 2.23. The van der Waals surface area contributed by atoms with E-state index in [0.29, 0.717) is 23.0 Å². The van der Waals surface area contributed by atoms with Crippen molar-refractivity contribution in [1.29, 1.82) is 0 Å². The van der Waals surface area contributed by atoms with E-state index >= 15 is 0 Å². The van der Waals surface area contributed by atoms with Crippen molar-refractivity contribution in [3.05, 3.63) is 114 Å². The molecule has 0 aliphatic carbocycles. The van der Waals surface area contributed by atoms with Crippen LogP contribution in [0, 0.1) is 6.92 Å². The highest BCUT2D eigenvalue weighted by Gasteiger charge is 2.14. The number of carbonyl (C=O) groups is 1. The summed E-state index contributed by atoms with van der Waals surface area (Å²) in [4.78, 5) is 21.5. The van der Waals surface area contributed by atoms with E-state index in [9.17, 15) is 9.90 Å². The number of oxime groups is 1. The van der Waals surface area contributed by atoms with E-state index in [4.69, 9.17) is 14.0 Å². The van der Waals surface area contributed by atoms with Crippen molar-refractivity contribution < 1.29 is 23.9 Å². The van der Waals surface area contributed by atoms with Crippen LogP contribution in [0.25, 0.3) is 17.5 Å². The van der Waals surface area contributed by atoms with Crippen LogP contribution in [-0.4, -0.2) is 21.8 Å². The second-order valence-corrected chi connectivity index (χ2v) is 7.67. The van der Waals surface area contributed by atoms with Crippen molar-refractivity contribution in [1.82, 2.24) is 4.98 Å². The van der Waals surface area contributed by atoms with Gasteiger partial charge in [-0.3, -0.25) is 0 Å². The third-order valence-corrected chi connectivity index (χ3v) is 5.20. The molecule has 0 aliphatic rings. The summed E-state index contributed by atoms with van der Waals surface area (Å²) in [5.74, 6) is 0.758. The molecule has 1 aromatic heterocycles. The Kier molecular flexibility index (Phi) is 7.37. The monoisotopic (exact) mass is 468 g/mol. The number of aliphatic carboxylic acids is 1. The molecule has 0 unspecified atom stereocenters. The molecule has 0 radical (unpaired) electrons. The van der Waals surface area contributed by atoms with Crippen LogP contribution >= 0.6 is 0 Å². The van der Waals surface area contributed by atoms with E-state index in [0.717, 1.165) is 22.4 Å². The SMILES string of the molecule is C=Cc1cccc(C(=NOCc2ccc(OCc3nc(-c4ccccc4)oc3C)cc2)C(=O)O)c1. The standard InChI is InChI=1S/C28H24N2O5/c1-3-20-8-7-11-23(16-20)26(28(31)32)30-34-17-21-12-14-24(15-13-21)33-18-25-19(2)35-27(29-25)22-9-5-4-6-10-22/h3-16H,1,17-18H2,2H3,(H,31,32). The number of ether oxygens (including phenoxy) is 1. The number of oxazole rings is 1. The molecule has 0 fully saturated rings. The van der Waals surface area contributed by atoms with Crippen LogP contribution in [0.1, 0.15) is 28.1 Å². The van der Waals surface area contributed by atoms with Crippen molar-refractivity contribution in [2.75, 3.05) is 0 Å². The van der Waals surface area contributed by atoms with Crippen LogP contribution in [0.15, 0.2) is 95.0 Å². The van der Waals surface area contributed by atoms with Gasteiger partial charge < -0.3 is 19.1 Å². The van der Waals surface area contributed by atoms with Gasteiger partial charge in [0.15, 0.2) is 5.71 Å². The van der Waals surface area contributed by atoms with Crippen LogP contribution in [0.2, 0.25) is 0 Å². The van der Waals surface area contributed by atoms with Crippen molar-refractivity contribution in [3.8, 4) is 17.2 Å². The largest absolute Gasteiger partial charge is 0.487 e. The van der Waals surface area contributed by atoms with Gasteiger partial charge in [-0.05, 0) is 48.4 Å². The number of hydrogen-bond acceptors (Lipinski definition) is 6. The van der Waals surface area contributed by atoms with Gasteiger partial charge >= 0.3 is 5.97 Å². The third kappa shape index (κ3) is 6.03. The van der Waals surface area contributed by atoms with Gasteiger partial charge in [0.1, 0.15) is 30.4 Å². The molecule has 4 aromatic rings. The van der Waals surface area contributed by atoms with E-state index in [-0.39, 0.29) is 18.9 Å². The molecular weight excluding hydrogens is 444 g/mol. The normalized spacial score (nSPS) is 11.2. The maximum atomic E-state index is 11.6. The first-order chi connectivity index (χ1) is 17.0. The summed E-state index contributed by atoms with van der Waals surface area (Å²) in [6, 6.07) is 23.9. The highest BCUT2D eigenvalue weighted by atomic mass is 16.6. The fraction of sp³-hybridized carbons (Fsp3) is 0.107. The summed E-state index contributed by atoms with van der Waals surface area (Å²) in [6.45, 7) is 5.94. The Morgan fingerprint density at radius 3 is 2.54 bits per heavy atom. The minimum Gasteiger partial charge on any atom is -0.487 e. The predicted molar refractivity (Wildman–Crippen MR) is 133 cm³/mol. The smallest absolute Gasteiger partial charge is 0.358 e. The lowest BCUT2D eigenvalue weighted by Gasteiger charge is -2.07. The highest BCUT2D eigenvalue weighted by molar-refractivity contribution is 6.42. The van der Waals surface area contributed by atoms with Crippen molar-refractivity contribution in [2.24, 2.45) is 5.16 Å². The van der Waals surface area contributed by atoms with Gasteiger partial charge in [-0.2, -0.15) is 0 Å². The Balaban J connectivity index is 1.35. The summed E-state index contributed by atoms with van der Waals surface area (Å²) in [6.07, 6.45) is 1.64. The minimum atomic E-state index is -1.17. The molecule has 0 saturated carbocycles. The van der Waals surface area contributed by atoms with Crippen molar-refractivity contribution in [3.63, 3.8) is 0 Å². The van der Waals surface area contributed by atoms with Crippen molar-refractivity contribution >= 4 is 17.8 Å². The van der Waals surface area contributed by atoms with E-state index in [1.54, 1.807) is 24.3 Å². The maximum Gasteiger partial charge on any atom is 0.358 e. The second-order valence-electron chi connectivity index (χ2n) is 7.67. The zero-order valence-electron chi connectivity index (χ0n) is 19.2. The Bertz CT molecular complexity index is 1340. The number of aromatic nitrogens is 1. The molecule has 35 heavy (non-hydrogen) atoms.